The molecule has 0 unspecified atom stereocenters. The van der Waals surface area contributed by atoms with Crippen molar-refractivity contribution in [3.05, 3.63) is 10.1 Å². The Morgan fingerprint density at radius 3 is 1.58 bits per heavy atom. The van der Waals surface area contributed by atoms with Crippen LogP contribution in [-0.4, -0.2) is 22.9 Å². The van der Waals surface area contributed by atoms with Crippen molar-refractivity contribution < 1.29 is 31.7 Å². The summed E-state index contributed by atoms with van der Waals surface area (Å²) < 4.78 is 56.8. The fraction of sp³-hybridized carbons (Fsp3) is 0.667. The van der Waals surface area contributed by atoms with Crippen LogP contribution >= 0.6 is 0 Å². The Morgan fingerprint density at radius 1 is 1.17 bits per heavy atom. The molecule has 0 rings (SSSR count). The molecule has 0 amide bonds. The van der Waals surface area contributed by atoms with Gasteiger partial charge in [0.2, 0.25) is 0 Å². The van der Waals surface area contributed by atoms with Gasteiger partial charge in [0.1, 0.15) is 4.92 Å². The second-order valence-corrected chi connectivity index (χ2v) is 1.63. The Hall–Kier alpha value is -1.28. The van der Waals surface area contributed by atoms with Crippen molar-refractivity contribution in [1.82, 2.24) is 0 Å². The number of carbonyl (C=O) groups is 1. The number of nitro groups is 1. The van der Waals surface area contributed by atoms with E-state index in [0.29, 0.717) is 0 Å². The molecule has 0 aromatic heterocycles. The van der Waals surface area contributed by atoms with E-state index < -0.39 is 22.9 Å². The minimum atomic E-state index is -5.91. The minimum Gasteiger partial charge on any atom is -0.274 e. The van der Waals surface area contributed by atoms with Gasteiger partial charge in [0.05, 0.1) is 0 Å². The maximum Gasteiger partial charge on any atom is 0.582 e. The van der Waals surface area contributed by atoms with Gasteiger partial charge in [0, 0.05) is 0 Å². The largest absolute Gasteiger partial charge is 0.582 e. The average Bonchev–Trinajstić information content (AvgIpc) is 1.83. The molecule has 0 aromatic rings. The number of ketones is 1. The Bertz CT molecular complexity index is 220. The predicted molar refractivity (Wildman–Crippen MR) is 23.0 cm³/mol. The fourth-order valence-electron chi connectivity index (χ4n) is 0.253. The van der Waals surface area contributed by atoms with E-state index >= 15 is 0 Å². The van der Waals surface area contributed by atoms with Crippen LogP contribution in [0.1, 0.15) is 0 Å². The Balaban J connectivity index is 4.83. The Kier molecular flexibility index (Phi) is 2.36. The molecule has 0 bridgehead atoms. The van der Waals surface area contributed by atoms with Crippen LogP contribution in [0.5, 0.6) is 0 Å². The van der Waals surface area contributed by atoms with Gasteiger partial charge in [-0.1, -0.05) is 0 Å². The molecule has 70 valence electrons. The van der Waals surface area contributed by atoms with Gasteiger partial charge < -0.3 is 0 Å². The van der Waals surface area contributed by atoms with Crippen LogP contribution in [0.2, 0.25) is 0 Å². The van der Waals surface area contributed by atoms with E-state index in [4.69, 9.17) is 0 Å². The molecule has 0 aromatic carbocycles. The minimum absolute atomic E-state index is 2.59. The molecule has 0 aliphatic rings. The highest BCUT2D eigenvalue weighted by Gasteiger charge is 2.65. The zero-order chi connectivity index (χ0) is 10.2. The van der Waals surface area contributed by atoms with E-state index in [-0.39, 0.29) is 0 Å². The van der Waals surface area contributed by atoms with Crippen LogP contribution < -0.4 is 0 Å². The first-order valence-corrected chi connectivity index (χ1v) is 2.24. The maximum atomic E-state index is 11.7. The van der Waals surface area contributed by atoms with E-state index in [0.717, 1.165) is 0 Å². The van der Waals surface area contributed by atoms with E-state index in [1.807, 2.05) is 0 Å². The zero-order valence-corrected chi connectivity index (χ0v) is 5.06. The quantitative estimate of drug-likeness (QED) is 0.284. The van der Waals surface area contributed by atoms with Gasteiger partial charge in [-0.15, -0.1) is 8.78 Å². The van der Waals surface area contributed by atoms with Crippen molar-refractivity contribution in [3.8, 4) is 0 Å². The molecule has 0 aliphatic carbocycles. The molecular formula is C3F5NO3. The second-order valence-electron chi connectivity index (χ2n) is 1.63. The molecule has 9 heteroatoms. The van der Waals surface area contributed by atoms with Crippen LogP contribution in [-0.2, 0) is 4.79 Å². The van der Waals surface area contributed by atoms with Gasteiger partial charge >= 0.3 is 18.0 Å². The van der Waals surface area contributed by atoms with Gasteiger partial charge in [-0.25, -0.2) is 0 Å². The Morgan fingerprint density at radius 2 is 1.50 bits per heavy atom. The summed E-state index contributed by atoms with van der Waals surface area (Å²) in [4.78, 5) is 16.3. The summed E-state index contributed by atoms with van der Waals surface area (Å²) in [6.07, 6.45) is -5.91. The van der Waals surface area contributed by atoms with Crippen LogP contribution in [0.15, 0.2) is 0 Å². The third-order valence-electron chi connectivity index (χ3n) is 0.760. The average molecular weight is 193 g/mol. The standard InChI is InChI=1S/C3F5NO3/c4-2(5,6)1(10)3(7,8)9(11)12. The molecular weight excluding hydrogens is 193 g/mol. The van der Waals surface area contributed by atoms with Crippen molar-refractivity contribution in [2.75, 3.05) is 0 Å². The summed E-state index contributed by atoms with van der Waals surface area (Å²) in [5.74, 6) is -3.68. The Labute approximate surface area is 61.1 Å². The lowest BCUT2D eigenvalue weighted by atomic mass is 10.3. The van der Waals surface area contributed by atoms with Gasteiger partial charge in [-0.05, 0) is 0 Å². The van der Waals surface area contributed by atoms with Crippen LogP contribution in [0.25, 0.3) is 0 Å². The van der Waals surface area contributed by atoms with Crippen molar-refractivity contribution in [1.29, 1.82) is 0 Å². The van der Waals surface area contributed by atoms with Gasteiger partial charge in [0.25, 0.3) is 0 Å². The molecule has 0 saturated carbocycles. The zero-order valence-electron chi connectivity index (χ0n) is 5.06. The first kappa shape index (κ1) is 10.7. The van der Waals surface area contributed by atoms with E-state index in [2.05, 4.69) is 0 Å². The summed E-state index contributed by atoms with van der Waals surface area (Å²) in [5.41, 5.74) is 0. The monoisotopic (exact) mass is 193 g/mol. The number of Topliss-reactive ketones (excluding diaryl/α,β-unsaturated/α-hetero) is 1. The van der Waals surface area contributed by atoms with E-state index in [1.54, 1.807) is 0 Å². The van der Waals surface area contributed by atoms with Crippen LogP contribution in [0.4, 0.5) is 22.0 Å². The summed E-state index contributed by atoms with van der Waals surface area (Å²) >= 11 is 0. The summed E-state index contributed by atoms with van der Waals surface area (Å²) in [6, 6.07) is -5.60. The number of alkyl halides is 5. The highest BCUT2D eigenvalue weighted by atomic mass is 19.4. The van der Waals surface area contributed by atoms with Gasteiger partial charge in [-0.2, -0.15) is 13.2 Å². The summed E-state index contributed by atoms with van der Waals surface area (Å²) in [5, 5.41) is 9.24. The molecule has 0 spiro atoms. The number of hydrogen-bond acceptors (Lipinski definition) is 3. The third kappa shape index (κ3) is 1.86. The molecule has 0 atom stereocenters. The first-order chi connectivity index (χ1) is 5.10. The highest BCUT2D eigenvalue weighted by molar-refractivity contribution is 5.88. The number of hydrogen-bond donors (Lipinski definition) is 0. The predicted octanol–water partition coefficient (Wildman–Crippen LogP) is 0.987. The smallest absolute Gasteiger partial charge is 0.274 e. The topological polar surface area (TPSA) is 60.2 Å². The molecule has 0 saturated heterocycles. The SMILES string of the molecule is O=C(C(F)(F)F)C(F)(F)[N+](=O)[O-]. The molecule has 0 aliphatic heterocycles. The van der Waals surface area contributed by atoms with Gasteiger partial charge in [0.15, 0.2) is 0 Å². The van der Waals surface area contributed by atoms with Crippen LogP contribution in [0, 0.1) is 10.1 Å². The lowest BCUT2D eigenvalue weighted by Gasteiger charge is -2.07. The maximum absolute atomic E-state index is 11.7. The molecule has 0 N–H and O–H groups in total. The molecule has 0 heterocycles. The number of halogens is 5. The molecule has 0 fully saturated rings. The molecule has 0 radical (unpaired) electrons. The number of rotatable bonds is 2. The van der Waals surface area contributed by atoms with Crippen molar-refractivity contribution in [3.63, 3.8) is 0 Å². The molecule has 12 heavy (non-hydrogen) atoms. The molecule has 4 nitrogen and oxygen atoms in total. The lowest BCUT2D eigenvalue weighted by Crippen LogP contribution is -2.45. The first-order valence-electron chi connectivity index (χ1n) is 2.24. The van der Waals surface area contributed by atoms with E-state index in [1.165, 1.54) is 0 Å². The van der Waals surface area contributed by atoms with Crippen molar-refractivity contribution in [2.45, 2.75) is 12.2 Å². The number of nitrogens with zero attached hydrogens (tertiary/aromatic N) is 1. The summed E-state index contributed by atoms with van der Waals surface area (Å²) in [7, 11) is 0. The van der Waals surface area contributed by atoms with Crippen molar-refractivity contribution in [2.24, 2.45) is 0 Å². The van der Waals surface area contributed by atoms with Crippen molar-refractivity contribution >= 4 is 5.78 Å². The second kappa shape index (κ2) is 2.64. The normalized spacial score (nSPS) is 12.8. The highest BCUT2D eigenvalue weighted by Crippen LogP contribution is 2.27. The van der Waals surface area contributed by atoms with Gasteiger partial charge in [-0.3, -0.25) is 14.9 Å². The number of carbonyl (C=O) groups excluding carboxylic acids is 1. The van der Waals surface area contributed by atoms with E-state index in [9.17, 15) is 36.9 Å². The lowest BCUT2D eigenvalue weighted by molar-refractivity contribution is -0.624. The van der Waals surface area contributed by atoms with Crippen LogP contribution in [0.3, 0.4) is 0 Å². The summed E-state index contributed by atoms with van der Waals surface area (Å²) in [6.45, 7) is 0. The third-order valence-corrected chi connectivity index (χ3v) is 0.760. The fourth-order valence-corrected chi connectivity index (χ4v) is 0.253.